The fourth-order valence-corrected chi connectivity index (χ4v) is 2.22. The van der Waals surface area contributed by atoms with Crippen LogP contribution in [0.1, 0.15) is 11.1 Å². The van der Waals surface area contributed by atoms with Gasteiger partial charge in [0.15, 0.2) is 0 Å². The summed E-state index contributed by atoms with van der Waals surface area (Å²) in [5.74, 6) is 0. The number of rotatable bonds is 0. The lowest BCUT2D eigenvalue weighted by atomic mass is 10.0. The van der Waals surface area contributed by atoms with Crippen molar-refractivity contribution in [3.8, 4) is 0 Å². The van der Waals surface area contributed by atoms with E-state index in [-0.39, 0.29) is 11.0 Å². The molecule has 0 saturated heterocycles. The van der Waals surface area contributed by atoms with Gasteiger partial charge >= 0.3 is 11.8 Å². The molecule has 0 bridgehead atoms. The van der Waals surface area contributed by atoms with Crippen molar-refractivity contribution in [2.24, 2.45) is 0 Å². The van der Waals surface area contributed by atoms with Crippen LogP contribution >= 0.6 is 34.8 Å². The first kappa shape index (κ1) is 14.5. The minimum Gasteiger partial charge on any atom is -0.422 e. The first-order valence-corrected chi connectivity index (χ1v) is 5.96. The average molecular weight is 332 g/mol. The smallest absolute Gasteiger partial charge is 0.417 e. The minimum absolute atomic E-state index is 0.224. The Morgan fingerprint density at radius 2 is 1.58 bits per heavy atom. The molecule has 0 aliphatic carbocycles. The summed E-state index contributed by atoms with van der Waals surface area (Å²) in [7, 11) is 0. The Balaban J connectivity index is 3.04. The SMILES string of the molecule is O=c1oc2ccccc2c(C(F)(F)F)c1C(Cl)(Cl)Cl. The van der Waals surface area contributed by atoms with Gasteiger partial charge in [-0.1, -0.05) is 53.0 Å². The molecule has 0 spiro atoms. The molecular weight excluding hydrogens is 327 g/mol. The van der Waals surface area contributed by atoms with Crippen molar-refractivity contribution in [2.75, 3.05) is 0 Å². The molecule has 0 aliphatic rings. The summed E-state index contributed by atoms with van der Waals surface area (Å²) < 4.78 is 41.6. The lowest BCUT2D eigenvalue weighted by Crippen LogP contribution is -2.24. The van der Waals surface area contributed by atoms with Gasteiger partial charge in [-0.05, 0) is 6.07 Å². The van der Waals surface area contributed by atoms with Gasteiger partial charge in [0.1, 0.15) is 11.1 Å². The largest absolute Gasteiger partial charge is 0.422 e. The Morgan fingerprint density at radius 3 is 2.11 bits per heavy atom. The lowest BCUT2D eigenvalue weighted by molar-refractivity contribution is -0.137. The zero-order chi connectivity index (χ0) is 14.4. The van der Waals surface area contributed by atoms with Gasteiger partial charge in [0, 0.05) is 5.39 Å². The molecule has 1 aromatic carbocycles. The highest BCUT2D eigenvalue weighted by atomic mass is 35.6. The number of benzene rings is 1. The third-order valence-electron chi connectivity index (χ3n) is 2.38. The van der Waals surface area contributed by atoms with E-state index in [2.05, 4.69) is 0 Å². The van der Waals surface area contributed by atoms with Gasteiger partial charge in [-0.15, -0.1) is 0 Å². The van der Waals surface area contributed by atoms with E-state index in [1.165, 1.54) is 18.2 Å². The summed E-state index contributed by atoms with van der Waals surface area (Å²) in [6.07, 6.45) is -4.85. The summed E-state index contributed by atoms with van der Waals surface area (Å²) >= 11 is 16.3. The second-order valence-corrected chi connectivity index (χ2v) is 5.91. The van der Waals surface area contributed by atoms with Crippen LogP contribution in [0.4, 0.5) is 13.2 Å². The van der Waals surface area contributed by atoms with E-state index in [0.717, 1.165) is 6.07 Å². The number of para-hydroxylation sites is 1. The van der Waals surface area contributed by atoms with Crippen LogP contribution in [0.3, 0.4) is 0 Å². The fourth-order valence-electron chi connectivity index (χ4n) is 1.70. The first-order valence-electron chi connectivity index (χ1n) is 4.82. The summed E-state index contributed by atoms with van der Waals surface area (Å²) in [6, 6.07) is 5.16. The van der Waals surface area contributed by atoms with Crippen molar-refractivity contribution in [3.63, 3.8) is 0 Å². The third-order valence-corrected chi connectivity index (χ3v) is 2.95. The van der Waals surface area contributed by atoms with Gasteiger partial charge in [0.2, 0.25) is 3.79 Å². The minimum atomic E-state index is -4.85. The summed E-state index contributed by atoms with van der Waals surface area (Å²) in [5, 5.41) is -0.337. The number of hydrogen-bond donors (Lipinski definition) is 0. The highest BCUT2D eigenvalue weighted by Crippen LogP contribution is 2.45. The zero-order valence-corrected chi connectivity index (χ0v) is 11.2. The predicted octanol–water partition coefficient (Wildman–Crippen LogP) is 4.64. The predicted molar refractivity (Wildman–Crippen MR) is 66.7 cm³/mol. The highest BCUT2D eigenvalue weighted by molar-refractivity contribution is 6.66. The second kappa shape index (κ2) is 4.58. The van der Waals surface area contributed by atoms with Gasteiger partial charge < -0.3 is 4.42 Å². The fraction of sp³-hybridized carbons (Fsp3) is 0.182. The van der Waals surface area contributed by atoms with E-state index in [4.69, 9.17) is 39.2 Å². The molecule has 2 aromatic rings. The van der Waals surface area contributed by atoms with Gasteiger partial charge in [0.25, 0.3) is 0 Å². The van der Waals surface area contributed by atoms with Crippen LogP contribution in [0.15, 0.2) is 33.5 Å². The van der Waals surface area contributed by atoms with Crippen molar-refractivity contribution in [1.82, 2.24) is 0 Å². The molecule has 0 N–H and O–H groups in total. The zero-order valence-electron chi connectivity index (χ0n) is 8.89. The number of hydrogen-bond acceptors (Lipinski definition) is 2. The van der Waals surface area contributed by atoms with Crippen LogP contribution in [0.5, 0.6) is 0 Å². The number of fused-ring (bicyclic) bond motifs is 1. The third kappa shape index (κ3) is 2.68. The van der Waals surface area contributed by atoms with Crippen molar-refractivity contribution in [2.45, 2.75) is 9.97 Å². The molecule has 8 heteroatoms. The van der Waals surface area contributed by atoms with E-state index in [1.54, 1.807) is 0 Å². The van der Waals surface area contributed by atoms with Crippen LogP contribution in [0.25, 0.3) is 11.0 Å². The topological polar surface area (TPSA) is 30.2 Å². The van der Waals surface area contributed by atoms with Crippen LogP contribution in [-0.2, 0) is 9.97 Å². The van der Waals surface area contributed by atoms with E-state index in [9.17, 15) is 18.0 Å². The van der Waals surface area contributed by atoms with Crippen LogP contribution in [0, 0.1) is 0 Å². The molecule has 0 saturated carbocycles. The molecule has 102 valence electrons. The Morgan fingerprint density at radius 1 is 1.00 bits per heavy atom. The van der Waals surface area contributed by atoms with Crippen molar-refractivity contribution >= 4 is 45.8 Å². The molecule has 1 aromatic heterocycles. The van der Waals surface area contributed by atoms with E-state index in [0.29, 0.717) is 0 Å². The number of alkyl halides is 6. The van der Waals surface area contributed by atoms with E-state index >= 15 is 0 Å². The van der Waals surface area contributed by atoms with Crippen molar-refractivity contribution in [3.05, 3.63) is 45.8 Å². The second-order valence-electron chi connectivity index (χ2n) is 3.63. The standard InChI is InChI=1S/C11H4Cl3F3O2/c12-10(13,14)8-7(11(15,16)17)5-3-1-2-4-6(5)19-9(8)18/h1-4H. The molecule has 0 fully saturated rings. The molecule has 0 atom stereocenters. The van der Waals surface area contributed by atoms with Gasteiger partial charge in [-0.3, -0.25) is 0 Å². The normalized spacial score (nSPS) is 12.9. The summed E-state index contributed by atoms with van der Waals surface area (Å²) in [6.45, 7) is 0. The van der Waals surface area contributed by atoms with Crippen molar-refractivity contribution in [1.29, 1.82) is 0 Å². The maximum atomic E-state index is 13.1. The quantitative estimate of drug-likeness (QED) is 0.520. The highest BCUT2D eigenvalue weighted by Gasteiger charge is 2.44. The van der Waals surface area contributed by atoms with Gasteiger partial charge in [0.05, 0.1) is 5.56 Å². The molecular formula is C11H4Cl3F3O2. The molecule has 2 nitrogen and oxygen atoms in total. The molecule has 0 aliphatic heterocycles. The van der Waals surface area contributed by atoms with Gasteiger partial charge in [-0.2, -0.15) is 13.2 Å². The summed E-state index contributed by atoms with van der Waals surface area (Å²) in [4.78, 5) is 11.6. The average Bonchev–Trinajstić information content (AvgIpc) is 2.24. The Bertz CT molecular complexity index is 686. The maximum Gasteiger partial charge on any atom is 0.417 e. The molecule has 19 heavy (non-hydrogen) atoms. The number of halogens is 6. The molecule has 1 heterocycles. The van der Waals surface area contributed by atoms with Gasteiger partial charge in [-0.25, -0.2) is 4.79 Å². The molecule has 0 radical (unpaired) electrons. The monoisotopic (exact) mass is 330 g/mol. The van der Waals surface area contributed by atoms with Crippen molar-refractivity contribution < 1.29 is 17.6 Å². The van der Waals surface area contributed by atoms with Crippen LogP contribution in [0.2, 0.25) is 0 Å². The first-order chi connectivity index (χ1) is 8.62. The van der Waals surface area contributed by atoms with Crippen LogP contribution in [-0.4, -0.2) is 0 Å². The Labute approximate surface area is 119 Å². The molecule has 0 unspecified atom stereocenters. The van der Waals surface area contributed by atoms with E-state index in [1.807, 2.05) is 0 Å². The van der Waals surface area contributed by atoms with Crippen LogP contribution < -0.4 is 5.63 Å². The Hall–Kier alpha value is -0.910. The Kier molecular flexibility index (Phi) is 3.49. The van der Waals surface area contributed by atoms with E-state index < -0.39 is 26.7 Å². The maximum absolute atomic E-state index is 13.1. The summed E-state index contributed by atoms with van der Waals surface area (Å²) in [5.41, 5.74) is -3.88. The molecule has 2 rings (SSSR count). The lowest BCUT2D eigenvalue weighted by Gasteiger charge is -2.18. The molecule has 0 amide bonds.